The first-order valence-electron chi connectivity index (χ1n) is 6.32. The molecule has 0 unspecified atom stereocenters. The Hall–Kier alpha value is -2.56. The Bertz CT molecular complexity index is 582. The van der Waals surface area contributed by atoms with Gasteiger partial charge in [0.25, 0.3) is 5.91 Å². The van der Waals surface area contributed by atoms with Gasteiger partial charge in [-0.3, -0.25) is 4.79 Å². The fourth-order valence-corrected chi connectivity index (χ4v) is 1.85. The van der Waals surface area contributed by atoms with Crippen molar-refractivity contribution in [2.24, 2.45) is 0 Å². The van der Waals surface area contributed by atoms with Crippen molar-refractivity contribution in [1.29, 1.82) is 0 Å². The van der Waals surface area contributed by atoms with Crippen molar-refractivity contribution < 1.29 is 9.53 Å². The molecule has 2 aromatic rings. The maximum Gasteiger partial charge on any atom is 0.269 e. The van der Waals surface area contributed by atoms with Crippen LogP contribution >= 0.6 is 0 Å². The van der Waals surface area contributed by atoms with E-state index >= 15 is 0 Å². The van der Waals surface area contributed by atoms with Crippen LogP contribution < -0.4 is 15.8 Å². The molecule has 20 heavy (non-hydrogen) atoms. The molecule has 0 aliphatic heterocycles. The van der Waals surface area contributed by atoms with Crippen molar-refractivity contribution in [3.63, 3.8) is 0 Å². The number of nitrogens with two attached hydrogens (primary N) is 1. The predicted octanol–water partition coefficient (Wildman–Crippen LogP) is 1.64. The summed E-state index contributed by atoms with van der Waals surface area (Å²) in [5, 5.41) is 2.82. The number of benzene rings is 1. The van der Waals surface area contributed by atoms with E-state index in [1.54, 1.807) is 19.2 Å². The first kappa shape index (κ1) is 13.9. The van der Waals surface area contributed by atoms with Gasteiger partial charge in [-0.15, -0.1) is 0 Å². The van der Waals surface area contributed by atoms with Crippen molar-refractivity contribution in [1.82, 2.24) is 10.3 Å². The topological polar surface area (TPSA) is 77.2 Å². The number of para-hydroxylation sites is 1. The molecule has 0 fully saturated rings. The number of ether oxygens (including phenoxy) is 1. The van der Waals surface area contributed by atoms with E-state index in [9.17, 15) is 4.79 Å². The second-order valence-electron chi connectivity index (χ2n) is 4.29. The first-order valence-corrected chi connectivity index (χ1v) is 6.32. The van der Waals surface area contributed by atoms with Gasteiger partial charge in [-0.05, 0) is 30.2 Å². The third-order valence-corrected chi connectivity index (χ3v) is 2.89. The number of carbonyl (C=O) groups excluding carboxylic acids is 1. The monoisotopic (exact) mass is 271 g/mol. The van der Waals surface area contributed by atoms with Gasteiger partial charge in [0.15, 0.2) is 0 Å². The van der Waals surface area contributed by atoms with Gasteiger partial charge < -0.3 is 15.8 Å². The molecule has 0 radical (unpaired) electrons. The maximum absolute atomic E-state index is 11.9. The minimum absolute atomic E-state index is 0.208. The van der Waals surface area contributed by atoms with E-state index in [0.717, 1.165) is 11.3 Å². The van der Waals surface area contributed by atoms with Gasteiger partial charge in [0, 0.05) is 6.54 Å². The average Bonchev–Trinajstić information content (AvgIpc) is 2.48. The number of hydrogen-bond donors (Lipinski definition) is 2. The Labute approximate surface area is 117 Å². The first-order chi connectivity index (χ1) is 9.70. The standard InChI is InChI=1S/C15H17N3O2/c1-20-14-5-3-2-4-11(14)8-9-17-15(19)13-7-6-12(16)10-18-13/h2-7,10H,8-9,16H2,1H3,(H,17,19). The van der Waals surface area contributed by atoms with E-state index < -0.39 is 0 Å². The third kappa shape index (κ3) is 3.47. The molecule has 104 valence electrons. The van der Waals surface area contributed by atoms with Crippen molar-refractivity contribution in [2.45, 2.75) is 6.42 Å². The van der Waals surface area contributed by atoms with Gasteiger partial charge in [-0.2, -0.15) is 0 Å². The SMILES string of the molecule is COc1ccccc1CCNC(=O)c1ccc(N)cn1. The molecule has 1 aromatic heterocycles. The van der Waals surface area contributed by atoms with Gasteiger partial charge in [0.2, 0.25) is 0 Å². The fourth-order valence-electron chi connectivity index (χ4n) is 1.85. The number of methoxy groups -OCH3 is 1. The summed E-state index contributed by atoms with van der Waals surface area (Å²) in [5.74, 6) is 0.618. The number of pyridine rings is 1. The lowest BCUT2D eigenvalue weighted by molar-refractivity contribution is 0.0949. The van der Waals surface area contributed by atoms with Crippen LogP contribution in [0.3, 0.4) is 0 Å². The number of nitrogen functional groups attached to an aromatic ring is 1. The molecule has 0 saturated carbocycles. The average molecular weight is 271 g/mol. The van der Waals surface area contributed by atoms with Gasteiger partial charge in [0.1, 0.15) is 11.4 Å². The van der Waals surface area contributed by atoms with Crippen LogP contribution in [0.4, 0.5) is 5.69 Å². The summed E-state index contributed by atoms with van der Waals surface area (Å²) in [5.41, 5.74) is 7.48. The number of aromatic nitrogens is 1. The highest BCUT2D eigenvalue weighted by Crippen LogP contribution is 2.17. The maximum atomic E-state index is 11.9. The number of carbonyl (C=O) groups is 1. The van der Waals surface area contributed by atoms with Crippen LogP contribution in [0.2, 0.25) is 0 Å². The largest absolute Gasteiger partial charge is 0.496 e. The van der Waals surface area contributed by atoms with Gasteiger partial charge >= 0.3 is 0 Å². The van der Waals surface area contributed by atoms with Crippen molar-refractivity contribution in [3.8, 4) is 5.75 Å². The molecule has 1 amide bonds. The second kappa shape index (κ2) is 6.56. The lowest BCUT2D eigenvalue weighted by Gasteiger charge is -2.09. The molecular weight excluding hydrogens is 254 g/mol. The molecule has 2 rings (SSSR count). The lowest BCUT2D eigenvalue weighted by atomic mass is 10.1. The Balaban J connectivity index is 1.89. The van der Waals surface area contributed by atoms with E-state index in [4.69, 9.17) is 10.5 Å². The number of amides is 1. The smallest absolute Gasteiger partial charge is 0.269 e. The molecule has 0 aliphatic rings. The summed E-state index contributed by atoms with van der Waals surface area (Å²) >= 11 is 0. The molecule has 0 bridgehead atoms. The van der Waals surface area contributed by atoms with Crippen molar-refractivity contribution >= 4 is 11.6 Å². The molecule has 1 aromatic carbocycles. The summed E-state index contributed by atoms with van der Waals surface area (Å²) in [4.78, 5) is 15.8. The number of nitrogens with zero attached hydrogens (tertiary/aromatic N) is 1. The van der Waals surface area contributed by atoms with Crippen LogP contribution in [-0.2, 0) is 6.42 Å². The van der Waals surface area contributed by atoms with Crippen molar-refractivity contribution in [3.05, 3.63) is 53.9 Å². The number of rotatable bonds is 5. The van der Waals surface area contributed by atoms with Gasteiger partial charge in [-0.1, -0.05) is 18.2 Å². The number of nitrogens with one attached hydrogen (secondary N) is 1. The highest BCUT2D eigenvalue weighted by Gasteiger charge is 2.07. The quantitative estimate of drug-likeness (QED) is 0.866. The number of hydrogen-bond acceptors (Lipinski definition) is 4. The highest BCUT2D eigenvalue weighted by molar-refractivity contribution is 5.92. The third-order valence-electron chi connectivity index (χ3n) is 2.89. The summed E-state index contributed by atoms with van der Waals surface area (Å²) in [6.45, 7) is 0.519. The van der Waals surface area contributed by atoms with Crippen LogP contribution in [-0.4, -0.2) is 24.5 Å². The van der Waals surface area contributed by atoms with Crippen LogP contribution in [0.25, 0.3) is 0 Å². The Morgan fingerprint density at radius 2 is 2.10 bits per heavy atom. The van der Waals surface area contributed by atoms with Crippen LogP contribution in [0, 0.1) is 0 Å². The van der Waals surface area contributed by atoms with E-state index in [1.807, 2.05) is 24.3 Å². The lowest BCUT2D eigenvalue weighted by Crippen LogP contribution is -2.26. The van der Waals surface area contributed by atoms with E-state index in [0.29, 0.717) is 24.3 Å². The Kier molecular flexibility index (Phi) is 4.55. The molecule has 5 heteroatoms. The molecule has 0 saturated heterocycles. The van der Waals surface area contributed by atoms with E-state index in [1.165, 1.54) is 6.20 Å². The number of anilines is 1. The zero-order valence-electron chi connectivity index (χ0n) is 11.3. The van der Waals surface area contributed by atoms with E-state index in [-0.39, 0.29) is 5.91 Å². The van der Waals surface area contributed by atoms with Crippen LogP contribution in [0.15, 0.2) is 42.6 Å². The highest BCUT2D eigenvalue weighted by atomic mass is 16.5. The van der Waals surface area contributed by atoms with Crippen molar-refractivity contribution in [2.75, 3.05) is 19.4 Å². The fraction of sp³-hybridized carbons (Fsp3) is 0.200. The minimum Gasteiger partial charge on any atom is -0.496 e. The van der Waals surface area contributed by atoms with Crippen LogP contribution in [0.1, 0.15) is 16.1 Å². The molecule has 3 N–H and O–H groups in total. The van der Waals surface area contributed by atoms with Gasteiger partial charge in [-0.25, -0.2) is 4.98 Å². The molecule has 1 heterocycles. The summed E-state index contributed by atoms with van der Waals surface area (Å²) < 4.78 is 5.26. The van der Waals surface area contributed by atoms with E-state index in [2.05, 4.69) is 10.3 Å². The van der Waals surface area contributed by atoms with Crippen LogP contribution in [0.5, 0.6) is 5.75 Å². The predicted molar refractivity (Wildman–Crippen MR) is 77.7 cm³/mol. The zero-order valence-corrected chi connectivity index (χ0v) is 11.3. The summed E-state index contributed by atoms with van der Waals surface area (Å²) in [7, 11) is 1.63. The normalized spacial score (nSPS) is 10.1. The molecular formula is C15H17N3O2. The minimum atomic E-state index is -0.208. The molecule has 0 atom stereocenters. The Morgan fingerprint density at radius 1 is 1.30 bits per heavy atom. The van der Waals surface area contributed by atoms with Gasteiger partial charge in [0.05, 0.1) is 19.0 Å². The second-order valence-corrected chi connectivity index (χ2v) is 4.29. The molecule has 0 aliphatic carbocycles. The molecule has 0 spiro atoms. The molecule has 5 nitrogen and oxygen atoms in total. The zero-order chi connectivity index (χ0) is 14.4. The summed E-state index contributed by atoms with van der Waals surface area (Å²) in [6.07, 6.45) is 2.17. The summed E-state index contributed by atoms with van der Waals surface area (Å²) in [6, 6.07) is 11.0. The Morgan fingerprint density at radius 3 is 2.80 bits per heavy atom.